The molecule has 0 bridgehead atoms. The molecule has 1 aliphatic rings. The monoisotopic (exact) mass is 277 g/mol. The van der Waals surface area contributed by atoms with Crippen molar-refractivity contribution in [2.24, 2.45) is 0 Å². The van der Waals surface area contributed by atoms with Gasteiger partial charge < -0.3 is 15.8 Å². The summed E-state index contributed by atoms with van der Waals surface area (Å²) >= 11 is 0. The Morgan fingerprint density at radius 1 is 1.20 bits per heavy atom. The Bertz CT molecular complexity index is 719. The standard InChI is InChI=1S/C13H9F2N3O2/c14-11-7(16)1-2-9(12(11)15)20-8-3-4-17-13-6(8)5-10(19)18-13/h1-4H,5,16H2,(H,17,18,19). The number of anilines is 2. The van der Waals surface area contributed by atoms with Crippen LogP contribution in [0.4, 0.5) is 20.3 Å². The van der Waals surface area contributed by atoms with Gasteiger partial charge >= 0.3 is 0 Å². The summed E-state index contributed by atoms with van der Waals surface area (Å²) in [5.74, 6) is -2.26. The van der Waals surface area contributed by atoms with Crippen molar-refractivity contribution in [3.63, 3.8) is 0 Å². The fourth-order valence-electron chi connectivity index (χ4n) is 1.93. The van der Waals surface area contributed by atoms with Gasteiger partial charge in [0.25, 0.3) is 0 Å². The SMILES string of the molecule is Nc1ccc(Oc2ccnc3c2CC(=O)N3)c(F)c1F. The number of fused-ring (bicyclic) bond motifs is 1. The molecule has 0 atom stereocenters. The van der Waals surface area contributed by atoms with E-state index in [0.29, 0.717) is 11.4 Å². The first kappa shape index (κ1) is 12.3. The minimum Gasteiger partial charge on any atom is -0.454 e. The number of carbonyl (C=O) groups is 1. The predicted octanol–water partition coefficient (Wildman–Crippen LogP) is 2.23. The third-order valence-corrected chi connectivity index (χ3v) is 2.90. The molecular weight excluding hydrogens is 268 g/mol. The van der Waals surface area contributed by atoms with Gasteiger partial charge in [0.05, 0.1) is 12.1 Å². The minimum atomic E-state index is -1.17. The number of nitrogens with zero attached hydrogens (tertiary/aromatic N) is 1. The van der Waals surface area contributed by atoms with Crippen molar-refractivity contribution < 1.29 is 18.3 Å². The Hall–Kier alpha value is -2.70. The number of carbonyl (C=O) groups excluding carboxylic acids is 1. The molecule has 1 aliphatic heterocycles. The third-order valence-electron chi connectivity index (χ3n) is 2.90. The van der Waals surface area contributed by atoms with E-state index in [4.69, 9.17) is 10.5 Å². The van der Waals surface area contributed by atoms with E-state index < -0.39 is 11.6 Å². The van der Waals surface area contributed by atoms with E-state index in [-0.39, 0.29) is 29.5 Å². The number of nitrogens with one attached hydrogen (secondary N) is 1. The van der Waals surface area contributed by atoms with Gasteiger partial charge in [-0.15, -0.1) is 0 Å². The Morgan fingerprint density at radius 2 is 2.00 bits per heavy atom. The van der Waals surface area contributed by atoms with Crippen LogP contribution < -0.4 is 15.8 Å². The normalized spacial score (nSPS) is 13.0. The number of benzene rings is 1. The van der Waals surface area contributed by atoms with Crippen molar-refractivity contribution in [2.45, 2.75) is 6.42 Å². The zero-order chi connectivity index (χ0) is 14.3. The highest BCUT2D eigenvalue weighted by atomic mass is 19.2. The van der Waals surface area contributed by atoms with Gasteiger partial charge in [-0.3, -0.25) is 4.79 Å². The molecule has 2 aromatic rings. The second-order valence-electron chi connectivity index (χ2n) is 4.24. The lowest BCUT2D eigenvalue weighted by Crippen LogP contribution is -2.04. The van der Waals surface area contributed by atoms with Crippen LogP contribution in [0.25, 0.3) is 0 Å². The van der Waals surface area contributed by atoms with E-state index in [2.05, 4.69) is 10.3 Å². The second kappa shape index (κ2) is 4.44. The Balaban J connectivity index is 2.00. The lowest BCUT2D eigenvalue weighted by atomic mass is 10.2. The highest BCUT2D eigenvalue weighted by molar-refractivity contribution is 5.98. The molecule has 0 fully saturated rings. The van der Waals surface area contributed by atoms with E-state index in [9.17, 15) is 13.6 Å². The third kappa shape index (κ3) is 1.93. The van der Waals surface area contributed by atoms with Gasteiger partial charge in [-0.25, -0.2) is 9.37 Å². The maximum absolute atomic E-state index is 13.7. The summed E-state index contributed by atoms with van der Waals surface area (Å²) < 4.78 is 32.4. The molecule has 20 heavy (non-hydrogen) atoms. The Labute approximate surface area is 112 Å². The number of rotatable bonds is 2. The zero-order valence-corrected chi connectivity index (χ0v) is 10.1. The molecule has 3 rings (SSSR count). The van der Waals surface area contributed by atoms with E-state index in [1.54, 1.807) is 0 Å². The van der Waals surface area contributed by atoms with Crippen LogP contribution in [0.15, 0.2) is 24.4 Å². The molecular formula is C13H9F2N3O2. The number of pyridine rings is 1. The van der Waals surface area contributed by atoms with Gasteiger partial charge in [0.15, 0.2) is 11.6 Å². The first-order valence-corrected chi connectivity index (χ1v) is 5.75. The quantitative estimate of drug-likeness (QED) is 0.825. The molecule has 1 amide bonds. The van der Waals surface area contributed by atoms with Gasteiger partial charge in [0.1, 0.15) is 11.6 Å². The van der Waals surface area contributed by atoms with Crippen molar-refractivity contribution >= 4 is 17.4 Å². The van der Waals surface area contributed by atoms with Crippen LogP contribution in [-0.4, -0.2) is 10.9 Å². The lowest BCUT2D eigenvalue weighted by molar-refractivity contribution is -0.115. The molecule has 0 saturated heterocycles. The molecule has 1 aromatic carbocycles. The number of ether oxygens (including phenoxy) is 1. The molecule has 0 spiro atoms. The molecule has 1 aromatic heterocycles. The van der Waals surface area contributed by atoms with Crippen LogP contribution in [0.1, 0.15) is 5.56 Å². The highest BCUT2D eigenvalue weighted by Gasteiger charge is 2.24. The smallest absolute Gasteiger partial charge is 0.230 e. The van der Waals surface area contributed by atoms with Crippen molar-refractivity contribution in [2.75, 3.05) is 11.1 Å². The summed E-state index contributed by atoms with van der Waals surface area (Å²) in [6.07, 6.45) is 1.49. The first-order valence-electron chi connectivity index (χ1n) is 5.75. The maximum Gasteiger partial charge on any atom is 0.230 e. The fraction of sp³-hybridized carbons (Fsp3) is 0.0769. The van der Waals surface area contributed by atoms with Crippen LogP contribution >= 0.6 is 0 Å². The van der Waals surface area contributed by atoms with Crippen LogP contribution in [0.2, 0.25) is 0 Å². The summed E-state index contributed by atoms with van der Waals surface area (Å²) in [5.41, 5.74) is 5.47. The molecule has 0 radical (unpaired) electrons. The Morgan fingerprint density at radius 3 is 2.80 bits per heavy atom. The van der Waals surface area contributed by atoms with Crippen LogP contribution in [-0.2, 0) is 11.2 Å². The van der Waals surface area contributed by atoms with Gasteiger partial charge in [0, 0.05) is 11.8 Å². The second-order valence-corrected chi connectivity index (χ2v) is 4.24. The average Bonchev–Trinajstić information content (AvgIpc) is 2.81. The largest absolute Gasteiger partial charge is 0.454 e. The topological polar surface area (TPSA) is 77.2 Å². The Kier molecular flexibility index (Phi) is 2.74. The summed E-state index contributed by atoms with van der Waals surface area (Å²) in [6, 6.07) is 3.91. The number of halogens is 2. The van der Waals surface area contributed by atoms with Crippen LogP contribution in [0.3, 0.4) is 0 Å². The van der Waals surface area contributed by atoms with Crippen molar-refractivity contribution in [3.8, 4) is 11.5 Å². The van der Waals surface area contributed by atoms with E-state index in [1.165, 1.54) is 24.4 Å². The highest BCUT2D eigenvalue weighted by Crippen LogP contribution is 2.34. The number of amides is 1. The molecule has 5 nitrogen and oxygen atoms in total. The first-order chi connectivity index (χ1) is 9.56. The number of aromatic nitrogens is 1. The van der Waals surface area contributed by atoms with Crippen LogP contribution in [0, 0.1) is 11.6 Å². The zero-order valence-electron chi connectivity index (χ0n) is 10.1. The molecule has 0 unspecified atom stereocenters. The van der Waals surface area contributed by atoms with Crippen molar-refractivity contribution in [1.82, 2.24) is 4.98 Å². The molecule has 2 heterocycles. The molecule has 3 N–H and O–H groups in total. The van der Waals surface area contributed by atoms with E-state index in [0.717, 1.165) is 0 Å². The van der Waals surface area contributed by atoms with E-state index >= 15 is 0 Å². The fourth-order valence-corrected chi connectivity index (χ4v) is 1.93. The summed E-state index contributed by atoms with van der Waals surface area (Å²) in [6.45, 7) is 0. The lowest BCUT2D eigenvalue weighted by Gasteiger charge is -2.10. The van der Waals surface area contributed by atoms with E-state index in [1.807, 2.05) is 0 Å². The van der Waals surface area contributed by atoms with Gasteiger partial charge in [-0.05, 0) is 18.2 Å². The molecule has 102 valence electrons. The number of nitrogen functional groups attached to an aromatic ring is 1. The van der Waals surface area contributed by atoms with Crippen molar-refractivity contribution in [1.29, 1.82) is 0 Å². The summed E-state index contributed by atoms with van der Waals surface area (Å²) in [5, 5.41) is 2.54. The average molecular weight is 277 g/mol. The summed E-state index contributed by atoms with van der Waals surface area (Å²) in [7, 11) is 0. The van der Waals surface area contributed by atoms with Crippen molar-refractivity contribution in [3.05, 3.63) is 41.6 Å². The molecule has 7 heteroatoms. The van der Waals surface area contributed by atoms with Gasteiger partial charge in [0.2, 0.25) is 11.7 Å². The number of hydrogen-bond acceptors (Lipinski definition) is 4. The van der Waals surface area contributed by atoms with Gasteiger partial charge in [-0.1, -0.05) is 0 Å². The minimum absolute atomic E-state index is 0.0809. The number of hydrogen-bond donors (Lipinski definition) is 2. The predicted molar refractivity (Wildman–Crippen MR) is 67.4 cm³/mol. The maximum atomic E-state index is 13.7. The number of nitrogens with two attached hydrogens (primary N) is 1. The van der Waals surface area contributed by atoms with Crippen LogP contribution in [0.5, 0.6) is 11.5 Å². The molecule has 0 aliphatic carbocycles. The van der Waals surface area contributed by atoms with Gasteiger partial charge in [-0.2, -0.15) is 4.39 Å². The molecule has 0 saturated carbocycles. The summed E-state index contributed by atoms with van der Waals surface area (Å²) in [4.78, 5) is 15.3.